The van der Waals surface area contributed by atoms with Crippen LogP contribution in [0.25, 0.3) is 11.0 Å². The van der Waals surface area contributed by atoms with Gasteiger partial charge in [-0.3, -0.25) is 4.79 Å². The number of carbonyl (C=O) groups excluding carboxylic acids is 1. The van der Waals surface area contributed by atoms with Crippen LogP contribution < -0.4 is 5.32 Å². The van der Waals surface area contributed by atoms with Gasteiger partial charge >= 0.3 is 0 Å². The maximum absolute atomic E-state index is 11.0. The predicted octanol–water partition coefficient (Wildman–Crippen LogP) is 2.61. The Bertz CT molecular complexity index is 464. The molecule has 0 radical (unpaired) electrons. The van der Waals surface area contributed by atoms with Crippen LogP contribution in [0.15, 0.2) is 34.9 Å². The first-order chi connectivity index (χ1) is 6.81. The molecular weight excluding hydrogens is 202 g/mol. The van der Waals surface area contributed by atoms with Crippen molar-refractivity contribution in [3.8, 4) is 0 Å². The van der Waals surface area contributed by atoms with Crippen LogP contribution >= 0.6 is 11.6 Å². The number of hydrogen-bond acceptors (Lipinski definition) is 2. The summed E-state index contributed by atoms with van der Waals surface area (Å²) in [5.41, 5.74) is 1.41. The van der Waals surface area contributed by atoms with Crippen LogP contribution in [0.4, 0.5) is 5.69 Å². The molecule has 0 saturated carbocycles. The molecule has 0 saturated heterocycles. The molecule has 0 aliphatic heterocycles. The predicted molar refractivity (Wildman–Crippen MR) is 55.6 cm³/mol. The molecule has 1 N–H and O–H groups in total. The first-order valence-electron chi connectivity index (χ1n) is 4.13. The number of nitrogens with one attached hydrogen (secondary N) is 1. The van der Waals surface area contributed by atoms with Crippen molar-refractivity contribution in [1.29, 1.82) is 0 Å². The van der Waals surface area contributed by atoms with Crippen LogP contribution in [-0.4, -0.2) is 11.8 Å². The zero-order valence-corrected chi connectivity index (χ0v) is 8.04. The van der Waals surface area contributed by atoms with Gasteiger partial charge in [0.25, 0.3) is 0 Å². The molecule has 0 aliphatic carbocycles. The van der Waals surface area contributed by atoms with Crippen LogP contribution in [0.1, 0.15) is 0 Å². The monoisotopic (exact) mass is 209 g/mol. The quantitative estimate of drug-likeness (QED) is 0.773. The third-order valence-corrected chi connectivity index (χ3v) is 2.12. The molecule has 1 heterocycles. The summed E-state index contributed by atoms with van der Waals surface area (Å²) in [6.07, 6.45) is 1.51. The van der Waals surface area contributed by atoms with Gasteiger partial charge < -0.3 is 9.73 Å². The topological polar surface area (TPSA) is 42.2 Å². The van der Waals surface area contributed by atoms with Gasteiger partial charge in [-0.15, -0.1) is 11.6 Å². The number of fused-ring (bicyclic) bond motifs is 1. The van der Waals surface area contributed by atoms with E-state index in [1.165, 1.54) is 6.26 Å². The molecule has 0 atom stereocenters. The first kappa shape index (κ1) is 9.09. The number of furan rings is 1. The van der Waals surface area contributed by atoms with Crippen LogP contribution in [0.2, 0.25) is 0 Å². The Kier molecular flexibility index (Phi) is 2.41. The van der Waals surface area contributed by atoms with E-state index in [2.05, 4.69) is 5.32 Å². The minimum atomic E-state index is -0.238. The molecular formula is C10H8ClNO2. The Morgan fingerprint density at radius 1 is 1.43 bits per heavy atom. The van der Waals surface area contributed by atoms with Crippen molar-refractivity contribution in [2.45, 2.75) is 0 Å². The third-order valence-electron chi connectivity index (χ3n) is 1.88. The van der Waals surface area contributed by atoms with Crippen LogP contribution in [0.5, 0.6) is 0 Å². The lowest BCUT2D eigenvalue weighted by Gasteiger charge is -1.98. The second-order valence-corrected chi connectivity index (χ2v) is 3.09. The number of benzene rings is 1. The molecule has 4 heteroatoms. The Morgan fingerprint density at radius 3 is 3.00 bits per heavy atom. The van der Waals surface area contributed by atoms with E-state index in [0.717, 1.165) is 11.0 Å². The Labute approximate surface area is 85.7 Å². The van der Waals surface area contributed by atoms with E-state index >= 15 is 0 Å². The molecule has 0 unspecified atom stereocenters. The van der Waals surface area contributed by atoms with E-state index in [-0.39, 0.29) is 11.8 Å². The van der Waals surface area contributed by atoms with Crippen molar-refractivity contribution in [2.24, 2.45) is 0 Å². The number of hydrogen-bond donors (Lipinski definition) is 1. The average molecular weight is 210 g/mol. The lowest BCUT2D eigenvalue weighted by atomic mass is 10.2. The zero-order chi connectivity index (χ0) is 9.97. The van der Waals surface area contributed by atoms with E-state index < -0.39 is 0 Å². The highest BCUT2D eigenvalue weighted by Gasteiger charge is 2.06. The summed E-state index contributed by atoms with van der Waals surface area (Å²) in [5, 5.41) is 3.53. The van der Waals surface area contributed by atoms with Crippen LogP contribution in [0, 0.1) is 0 Å². The number of para-hydroxylation sites is 1. The molecule has 1 aromatic heterocycles. The smallest absolute Gasteiger partial charge is 0.239 e. The van der Waals surface area contributed by atoms with Gasteiger partial charge in [0.05, 0.1) is 5.69 Å². The highest BCUT2D eigenvalue weighted by molar-refractivity contribution is 6.29. The fourth-order valence-electron chi connectivity index (χ4n) is 1.26. The lowest BCUT2D eigenvalue weighted by Crippen LogP contribution is -2.11. The third kappa shape index (κ3) is 1.59. The summed E-state index contributed by atoms with van der Waals surface area (Å²) in [6, 6.07) is 7.47. The summed E-state index contributed by atoms with van der Waals surface area (Å²) in [5.74, 6) is -0.294. The second-order valence-electron chi connectivity index (χ2n) is 2.83. The minimum Gasteiger partial charge on any atom is -0.462 e. The van der Waals surface area contributed by atoms with Gasteiger partial charge in [0.1, 0.15) is 17.7 Å². The van der Waals surface area contributed by atoms with Crippen molar-refractivity contribution < 1.29 is 9.21 Å². The largest absolute Gasteiger partial charge is 0.462 e. The highest BCUT2D eigenvalue weighted by Crippen LogP contribution is 2.24. The molecule has 2 aromatic rings. The summed E-state index contributed by atoms with van der Waals surface area (Å²) in [4.78, 5) is 11.0. The molecule has 0 fully saturated rings. The SMILES string of the molecule is O=C(CCl)Nc1coc2ccccc12. The zero-order valence-electron chi connectivity index (χ0n) is 7.29. The molecule has 14 heavy (non-hydrogen) atoms. The molecule has 1 aromatic carbocycles. The Morgan fingerprint density at radius 2 is 2.21 bits per heavy atom. The molecule has 0 bridgehead atoms. The van der Waals surface area contributed by atoms with Gasteiger partial charge in [0.2, 0.25) is 5.91 Å². The van der Waals surface area contributed by atoms with E-state index in [4.69, 9.17) is 16.0 Å². The van der Waals surface area contributed by atoms with E-state index in [1.807, 2.05) is 24.3 Å². The van der Waals surface area contributed by atoms with Crippen molar-refractivity contribution in [2.75, 3.05) is 11.2 Å². The Balaban J connectivity index is 2.38. The Hall–Kier alpha value is -1.48. The van der Waals surface area contributed by atoms with Gasteiger partial charge in [-0.25, -0.2) is 0 Å². The van der Waals surface area contributed by atoms with E-state index in [9.17, 15) is 4.79 Å². The van der Waals surface area contributed by atoms with Crippen LogP contribution in [-0.2, 0) is 4.79 Å². The molecule has 3 nitrogen and oxygen atoms in total. The van der Waals surface area contributed by atoms with E-state index in [0.29, 0.717) is 5.69 Å². The van der Waals surface area contributed by atoms with Gasteiger partial charge in [-0.2, -0.15) is 0 Å². The average Bonchev–Trinajstić information content (AvgIpc) is 2.62. The molecule has 72 valence electrons. The van der Waals surface area contributed by atoms with Crippen LogP contribution in [0.3, 0.4) is 0 Å². The van der Waals surface area contributed by atoms with Crippen molar-refractivity contribution in [1.82, 2.24) is 0 Å². The number of alkyl halides is 1. The summed E-state index contributed by atoms with van der Waals surface area (Å²) in [7, 11) is 0. The number of halogens is 1. The fourth-order valence-corrected chi connectivity index (χ4v) is 1.33. The summed E-state index contributed by atoms with van der Waals surface area (Å²) < 4.78 is 5.24. The minimum absolute atomic E-state index is 0.0560. The van der Waals surface area contributed by atoms with Gasteiger partial charge in [-0.1, -0.05) is 12.1 Å². The van der Waals surface area contributed by atoms with Gasteiger partial charge in [-0.05, 0) is 12.1 Å². The van der Waals surface area contributed by atoms with Gasteiger partial charge in [0, 0.05) is 5.39 Å². The van der Waals surface area contributed by atoms with Gasteiger partial charge in [0.15, 0.2) is 0 Å². The summed E-state index contributed by atoms with van der Waals surface area (Å²) in [6.45, 7) is 0. The number of carbonyl (C=O) groups is 1. The number of rotatable bonds is 2. The number of anilines is 1. The summed E-state index contributed by atoms with van der Waals surface area (Å²) >= 11 is 5.38. The molecule has 0 spiro atoms. The first-order valence-corrected chi connectivity index (χ1v) is 4.67. The van der Waals surface area contributed by atoms with Crippen molar-refractivity contribution in [3.63, 3.8) is 0 Å². The molecule has 2 rings (SSSR count). The maximum Gasteiger partial charge on any atom is 0.239 e. The van der Waals surface area contributed by atoms with E-state index in [1.54, 1.807) is 0 Å². The van der Waals surface area contributed by atoms with Crippen molar-refractivity contribution >= 4 is 34.2 Å². The lowest BCUT2D eigenvalue weighted by molar-refractivity contribution is -0.113. The standard InChI is InChI=1S/C10H8ClNO2/c11-5-10(13)12-8-6-14-9-4-2-1-3-7(8)9/h1-4,6H,5H2,(H,12,13). The van der Waals surface area contributed by atoms with Crippen molar-refractivity contribution in [3.05, 3.63) is 30.5 Å². The normalized spacial score (nSPS) is 10.4. The number of amides is 1. The second kappa shape index (κ2) is 3.72. The molecule has 1 amide bonds. The molecule has 0 aliphatic rings. The maximum atomic E-state index is 11.0. The fraction of sp³-hybridized carbons (Fsp3) is 0.100. The highest BCUT2D eigenvalue weighted by atomic mass is 35.5.